The van der Waals surface area contributed by atoms with Gasteiger partial charge in [-0.15, -0.1) is 0 Å². The first-order valence-corrected chi connectivity index (χ1v) is 4.01. The molecule has 0 unspecified atom stereocenters. The van der Waals surface area contributed by atoms with Crippen LogP contribution in [0.3, 0.4) is 0 Å². The Morgan fingerprint density at radius 2 is 1.85 bits per heavy atom. The highest BCUT2D eigenvalue weighted by Crippen LogP contribution is 2.28. The number of aromatic nitrogens is 1. The van der Waals surface area contributed by atoms with Crippen LogP contribution in [-0.2, 0) is 4.79 Å². The van der Waals surface area contributed by atoms with Gasteiger partial charge in [0.2, 0.25) is 0 Å². The van der Waals surface area contributed by atoms with Crippen molar-refractivity contribution in [2.45, 2.75) is 0 Å². The molecule has 0 saturated carbocycles. The maximum absolute atomic E-state index is 10.6. The Balaban J connectivity index is 3.28. The molecule has 13 heavy (non-hydrogen) atoms. The number of rotatable bonds is 2. The molecule has 3 nitrogen and oxygen atoms in total. The van der Waals surface area contributed by atoms with Gasteiger partial charge < -0.3 is 5.11 Å². The average molecular weight is 218 g/mol. The molecule has 0 aliphatic rings. The van der Waals surface area contributed by atoms with Crippen molar-refractivity contribution >= 4 is 34.7 Å². The van der Waals surface area contributed by atoms with E-state index in [0.717, 1.165) is 0 Å². The van der Waals surface area contributed by atoms with Crippen LogP contribution in [0.2, 0.25) is 10.0 Å². The van der Waals surface area contributed by atoms with Crippen molar-refractivity contribution < 1.29 is 9.90 Å². The second kappa shape index (κ2) is 3.77. The summed E-state index contributed by atoms with van der Waals surface area (Å²) >= 11 is 11.4. The van der Waals surface area contributed by atoms with Crippen LogP contribution in [0.5, 0.6) is 0 Å². The Morgan fingerprint density at radius 1 is 1.38 bits per heavy atom. The summed E-state index contributed by atoms with van der Waals surface area (Å²) in [6, 6.07) is 0. The topological polar surface area (TPSA) is 50.2 Å². The number of hydrogen-bond acceptors (Lipinski definition) is 2. The van der Waals surface area contributed by atoms with E-state index in [9.17, 15) is 4.79 Å². The van der Waals surface area contributed by atoms with E-state index in [-0.39, 0.29) is 21.2 Å². The van der Waals surface area contributed by atoms with Gasteiger partial charge in [-0.25, -0.2) is 4.79 Å². The van der Waals surface area contributed by atoms with Crippen LogP contribution in [0.1, 0.15) is 5.56 Å². The van der Waals surface area contributed by atoms with E-state index < -0.39 is 5.97 Å². The summed E-state index contributed by atoms with van der Waals surface area (Å²) in [6.07, 6.45) is 2.63. The Morgan fingerprint density at radius 3 is 2.23 bits per heavy atom. The SMILES string of the molecule is C=C(C(=O)O)c1c(Cl)cncc1Cl. The summed E-state index contributed by atoms with van der Waals surface area (Å²) in [4.78, 5) is 14.3. The number of carbonyl (C=O) groups is 1. The van der Waals surface area contributed by atoms with Gasteiger partial charge in [0.05, 0.1) is 15.6 Å². The normalized spacial score (nSPS) is 9.69. The average Bonchev–Trinajstić information content (AvgIpc) is 2.03. The van der Waals surface area contributed by atoms with Crippen molar-refractivity contribution in [2.75, 3.05) is 0 Å². The quantitative estimate of drug-likeness (QED) is 0.775. The van der Waals surface area contributed by atoms with Crippen LogP contribution in [0.15, 0.2) is 19.0 Å². The molecule has 0 bridgehead atoms. The molecule has 0 fully saturated rings. The molecule has 68 valence electrons. The maximum Gasteiger partial charge on any atom is 0.335 e. The lowest BCUT2D eigenvalue weighted by molar-refractivity contribution is -0.130. The number of nitrogens with zero attached hydrogens (tertiary/aromatic N) is 1. The molecule has 1 aromatic heterocycles. The number of carboxylic acids is 1. The second-order valence-electron chi connectivity index (χ2n) is 2.26. The largest absolute Gasteiger partial charge is 0.478 e. The summed E-state index contributed by atoms with van der Waals surface area (Å²) in [5.41, 5.74) is 0.0724. The highest BCUT2D eigenvalue weighted by atomic mass is 35.5. The van der Waals surface area contributed by atoms with E-state index >= 15 is 0 Å². The van der Waals surface area contributed by atoms with Gasteiger partial charge in [-0.3, -0.25) is 4.98 Å². The highest BCUT2D eigenvalue weighted by molar-refractivity contribution is 6.39. The summed E-state index contributed by atoms with van der Waals surface area (Å²) < 4.78 is 0. The van der Waals surface area contributed by atoms with Gasteiger partial charge in [0.15, 0.2) is 0 Å². The first kappa shape index (κ1) is 10.0. The maximum atomic E-state index is 10.6. The molecule has 0 aliphatic carbocycles. The zero-order chi connectivity index (χ0) is 10.0. The van der Waals surface area contributed by atoms with Gasteiger partial charge in [0.1, 0.15) is 0 Å². The molecule has 5 heteroatoms. The first-order chi connectivity index (χ1) is 6.04. The van der Waals surface area contributed by atoms with E-state index in [2.05, 4.69) is 11.6 Å². The Labute approximate surface area is 84.6 Å². The lowest BCUT2D eigenvalue weighted by Crippen LogP contribution is -1.99. The summed E-state index contributed by atoms with van der Waals surface area (Å²) in [6.45, 7) is 3.35. The standard InChI is InChI=1S/C8H5Cl2NO2/c1-4(8(12)13)7-5(9)2-11-3-6(7)10/h2-3H,1H2,(H,12,13). The highest BCUT2D eigenvalue weighted by Gasteiger charge is 2.14. The fourth-order valence-corrected chi connectivity index (χ4v) is 1.40. The fourth-order valence-electron chi connectivity index (χ4n) is 0.807. The molecule has 0 radical (unpaired) electrons. The van der Waals surface area contributed by atoms with E-state index in [1.54, 1.807) is 0 Å². The molecule has 0 aliphatic heterocycles. The molecular formula is C8H5Cl2NO2. The first-order valence-electron chi connectivity index (χ1n) is 3.25. The molecule has 1 N–H and O–H groups in total. The summed E-state index contributed by atoms with van der Waals surface area (Å²) in [5, 5.41) is 9.01. The minimum Gasteiger partial charge on any atom is -0.478 e. The van der Waals surface area contributed by atoms with Crippen molar-refractivity contribution in [1.82, 2.24) is 4.98 Å². The van der Waals surface area contributed by atoms with Crippen molar-refractivity contribution in [3.63, 3.8) is 0 Å². The molecule has 0 saturated heterocycles. The lowest BCUT2D eigenvalue weighted by Gasteiger charge is -2.04. The molecule has 1 aromatic rings. The van der Waals surface area contributed by atoms with Gasteiger partial charge in [0, 0.05) is 18.0 Å². The van der Waals surface area contributed by atoms with Crippen molar-refractivity contribution in [1.29, 1.82) is 0 Å². The number of carboxylic acid groups (broad SMARTS) is 1. The summed E-state index contributed by atoms with van der Waals surface area (Å²) in [5.74, 6) is -1.16. The van der Waals surface area contributed by atoms with Gasteiger partial charge in [-0.05, 0) is 0 Å². The Hall–Kier alpha value is -1.06. The molecule has 0 spiro atoms. The van der Waals surface area contributed by atoms with E-state index in [0.29, 0.717) is 0 Å². The summed E-state index contributed by atoms with van der Waals surface area (Å²) in [7, 11) is 0. The lowest BCUT2D eigenvalue weighted by atomic mass is 10.1. The molecule has 1 rings (SSSR count). The predicted molar refractivity (Wildman–Crippen MR) is 50.9 cm³/mol. The van der Waals surface area contributed by atoms with Crippen molar-refractivity contribution in [2.24, 2.45) is 0 Å². The molecule has 0 aromatic carbocycles. The minimum absolute atomic E-state index is 0.141. The smallest absolute Gasteiger partial charge is 0.335 e. The molecule has 0 amide bonds. The molecule has 1 heterocycles. The number of aliphatic carboxylic acids is 1. The monoisotopic (exact) mass is 217 g/mol. The van der Waals surface area contributed by atoms with Gasteiger partial charge in [0.25, 0.3) is 0 Å². The third-order valence-corrected chi connectivity index (χ3v) is 1.99. The van der Waals surface area contributed by atoms with E-state index in [4.69, 9.17) is 28.3 Å². The third-order valence-electron chi connectivity index (χ3n) is 1.41. The van der Waals surface area contributed by atoms with Crippen LogP contribution >= 0.6 is 23.2 Å². The van der Waals surface area contributed by atoms with Gasteiger partial charge in [-0.2, -0.15) is 0 Å². The van der Waals surface area contributed by atoms with Gasteiger partial charge >= 0.3 is 5.97 Å². The minimum atomic E-state index is -1.16. The molecular weight excluding hydrogens is 213 g/mol. The number of halogens is 2. The fraction of sp³-hybridized carbons (Fsp3) is 0. The second-order valence-corrected chi connectivity index (χ2v) is 3.08. The van der Waals surface area contributed by atoms with Crippen LogP contribution in [0, 0.1) is 0 Å². The van der Waals surface area contributed by atoms with Crippen molar-refractivity contribution in [3.05, 3.63) is 34.6 Å². The Bertz CT molecular complexity index is 356. The Kier molecular flexibility index (Phi) is 2.90. The zero-order valence-corrected chi connectivity index (χ0v) is 7.93. The zero-order valence-electron chi connectivity index (χ0n) is 6.42. The van der Waals surface area contributed by atoms with Gasteiger partial charge in [-0.1, -0.05) is 29.8 Å². The van der Waals surface area contributed by atoms with E-state index in [1.807, 2.05) is 0 Å². The number of hydrogen-bond donors (Lipinski definition) is 1. The van der Waals surface area contributed by atoms with Crippen LogP contribution in [-0.4, -0.2) is 16.1 Å². The third kappa shape index (κ3) is 1.99. The number of pyridine rings is 1. The van der Waals surface area contributed by atoms with Crippen LogP contribution in [0.25, 0.3) is 5.57 Å². The van der Waals surface area contributed by atoms with Crippen LogP contribution < -0.4 is 0 Å². The predicted octanol–water partition coefficient (Wildman–Crippen LogP) is 2.49. The molecule has 0 atom stereocenters. The van der Waals surface area contributed by atoms with E-state index in [1.165, 1.54) is 12.4 Å². The van der Waals surface area contributed by atoms with Crippen molar-refractivity contribution in [3.8, 4) is 0 Å². The van der Waals surface area contributed by atoms with Crippen LogP contribution in [0.4, 0.5) is 0 Å².